The number of benzene rings is 1. The molecule has 2 heterocycles. The Bertz CT molecular complexity index is 854. The highest BCUT2D eigenvalue weighted by Crippen LogP contribution is 2.34. The monoisotopic (exact) mass is 395 g/mol. The number of fused-ring (bicyclic) bond motifs is 1. The second kappa shape index (κ2) is 8.41. The first-order valence-corrected chi connectivity index (χ1v) is 9.75. The van der Waals surface area contributed by atoms with Crippen molar-refractivity contribution in [1.82, 2.24) is 9.29 Å². The largest absolute Gasteiger partial charge is 0.395 e. The summed E-state index contributed by atoms with van der Waals surface area (Å²) in [5.74, 6) is -2.30. The Hall–Kier alpha value is -1.90. The molecule has 1 amide bonds. The fourth-order valence-corrected chi connectivity index (χ4v) is 4.20. The van der Waals surface area contributed by atoms with Gasteiger partial charge in [-0.25, -0.2) is 8.78 Å². The number of carbonyl (C=O) groups excluding carboxylic acids is 1. The number of carbonyl (C=O) groups is 1. The molecule has 1 aliphatic heterocycles. The molecule has 0 aliphatic carbocycles. The van der Waals surface area contributed by atoms with Gasteiger partial charge in [0.1, 0.15) is 5.69 Å². The van der Waals surface area contributed by atoms with Crippen LogP contribution in [0.1, 0.15) is 41.5 Å². The minimum absolute atomic E-state index is 0.0194. The SMILES string of the molecule is Cc1c(SNC(C)CO)c2n(c1C(=O)Nc1ccc(F)c(F)c1)CCCC2. The van der Waals surface area contributed by atoms with Crippen molar-refractivity contribution < 1.29 is 18.7 Å². The molecule has 8 heteroatoms. The summed E-state index contributed by atoms with van der Waals surface area (Å²) >= 11 is 1.42. The van der Waals surface area contributed by atoms with Gasteiger partial charge in [0, 0.05) is 34.9 Å². The summed E-state index contributed by atoms with van der Waals surface area (Å²) in [6.07, 6.45) is 2.91. The van der Waals surface area contributed by atoms with Gasteiger partial charge in [0.2, 0.25) is 0 Å². The number of halogens is 2. The van der Waals surface area contributed by atoms with Crippen LogP contribution in [0.3, 0.4) is 0 Å². The van der Waals surface area contributed by atoms with Crippen LogP contribution in [0.2, 0.25) is 0 Å². The second-order valence-electron chi connectivity index (χ2n) is 6.74. The van der Waals surface area contributed by atoms with E-state index in [1.165, 1.54) is 18.0 Å². The number of aromatic nitrogens is 1. The van der Waals surface area contributed by atoms with E-state index in [4.69, 9.17) is 0 Å². The van der Waals surface area contributed by atoms with Crippen LogP contribution in [0, 0.1) is 18.6 Å². The molecule has 2 aromatic rings. The zero-order chi connectivity index (χ0) is 19.6. The van der Waals surface area contributed by atoms with Crippen molar-refractivity contribution in [2.24, 2.45) is 0 Å². The van der Waals surface area contributed by atoms with Gasteiger partial charge in [-0.2, -0.15) is 0 Å². The molecule has 1 aromatic heterocycles. The number of hydrogen-bond acceptors (Lipinski definition) is 4. The minimum Gasteiger partial charge on any atom is -0.395 e. The summed E-state index contributed by atoms with van der Waals surface area (Å²) in [4.78, 5) is 13.9. The molecule has 3 N–H and O–H groups in total. The van der Waals surface area contributed by atoms with E-state index in [1.807, 2.05) is 18.4 Å². The Morgan fingerprint density at radius 2 is 2.11 bits per heavy atom. The van der Waals surface area contributed by atoms with E-state index in [-0.39, 0.29) is 24.2 Å². The Labute approximate surface area is 161 Å². The molecule has 1 aliphatic rings. The normalized spacial score (nSPS) is 14.7. The van der Waals surface area contributed by atoms with Crippen LogP contribution in [0.15, 0.2) is 23.1 Å². The second-order valence-corrected chi connectivity index (χ2v) is 7.59. The molecule has 1 atom stereocenters. The summed E-state index contributed by atoms with van der Waals surface area (Å²) in [6.45, 7) is 4.53. The van der Waals surface area contributed by atoms with Crippen LogP contribution in [0.5, 0.6) is 0 Å². The highest BCUT2D eigenvalue weighted by Gasteiger charge is 2.27. The molecule has 27 heavy (non-hydrogen) atoms. The van der Waals surface area contributed by atoms with Gasteiger partial charge in [0.15, 0.2) is 11.6 Å². The summed E-state index contributed by atoms with van der Waals surface area (Å²) in [5, 5.41) is 11.9. The Kier molecular flexibility index (Phi) is 6.18. The zero-order valence-corrected chi connectivity index (χ0v) is 16.1. The predicted molar refractivity (Wildman–Crippen MR) is 102 cm³/mol. The molecule has 5 nitrogen and oxygen atoms in total. The summed E-state index contributed by atoms with van der Waals surface area (Å²) in [7, 11) is 0. The molecule has 0 spiro atoms. The fourth-order valence-electron chi connectivity index (χ4n) is 3.23. The van der Waals surface area contributed by atoms with Crippen molar-refractivity contribution in [2.75, 3.05) is 11.9 Å². The van der Waals surface area contributed by atoms with Gasteiger partial charge in [-0.15, -0.1) is 0 Å². The minimum atomic E-state index is -1.000. The zero-order valence-electron chi connectivity index (χ0n) is 15.3. The average Bonchev–Trinajstić information content (AvgIpc) is 2.94. The molecule has 1 unspecified atom stereocenters. The molecule has 3 rings (SSSR count). The maximum absolute atomic E-state index is 13.4. The van der Waals surface area contributed by atoms with Crippen molar-refractivity contribution in [3.63, 3.8) is 0 Å². The molecule has 0 radical (unpaired) electrons. The van der Waals surface area contributed by atoms with Crippen molar-refractivity contribution in [3.8, 4) is 0 Å². The van der Waals surface area contributed by atoms with Gasteiger partial charge in [-0.05, 0) is 62.8 Å². The van der Waals surface area contributed by atoms with Crippen molar-refractivity contribution in [3.05, 3.63) is 46.8 Å². The molecular weight excluding hydrogens is 372 g/mol. The lowest BCUT2D eigenvalue weighted by Gasteiger charge is -2.19. The quantitative estimate of drug-likeness (QED) is 0.654. The average molecular weight is 395 g/mol. The third-order valence-electron chi connectivity index (χ3n) is 4.63. The summed E-state index contributed by atoms with van der Waals surface area (Å²) < 4.78 is 31.7. The third kappa shape index (κ3) is 4.17. The number of nitrogens with one attached hydrogen (secondary N) is 2. The van der Waals surface area contributed by atoms with Crippen LogP contribution in [-0.2, 0) is 13.0 Å². The van der Waals surface area contributed by atoms with E-state index in [2.05, 4.69) is 10.0 Å². The summed E-state index contributed by atoms with van der Waals surface area (Å²) in [6, 6.07) is 3.23. The lowest BCUT2D eigenvalue weighted by Crippen LogP contribution is -2.23. The molecule has 1 aromatic carbocycles. The highest BCUT2D eigenvalue weighted by atomic mass is 32.2. The van der Waals surface area contributed by atoms with E-state index in [1.54, 1.807) is 0 Å². The van der Waals surface area contributed by atoms with Gasteiger partial charge in [0.05, 0.1) is 6.61 Å². The molecule has 0 saturated heterocycles. The maximum Gasteiger partial charge on any atom is 0.272 e. The van der Waals surface area contributed by atoms with Crippen molar-refractivity contribution in [2.45, 2.75) is 50.6 Å². The number of anilines is 1. The van der Waals surface area contributed by atoms with Crippen LogP contribution < -0.4 is 10.0 Å². The first-order valence-electron chi connectivity index (χ1n) is 8.94. The van der Waals surface area contributed by atoms with Crippen molar-refractivity contribution >= 4 is 23.5 Å². The smallest absolute Gasteiger partial charge is 0.272 e. The third-order valence-corrected chi connectivity index (χ3v) is 5.89. The summed E-state index contributed by atoms with van der Waals surface area (Å²) in [5.41, 5.74) is 2.69. The Morgan fingerprint density at radius 3 is 2.81 bits per heavy atom. The Morgan fingerprint density at radius 1 is 1.33 bits per heavy atom. The van der Waals surface area contributed by atoms with Gasteiger partial charge in [-0.1, -0.05) is 0 Å². The van der Waals surface area contributed by atoms with E-state index >= 15 is 0 Å². The number of rotatable bonds is 6. The lowest BCUT2D eigenvalue weighted by atomic mass is 10.1. The van der Waals surface area contributed by atoms with E-state index in [0.29, 0.717) is 5.69 Å². The van der Waals surface area contributed by atoms with Crippen molar-refractivity contribution in [1.29, 1.82) is 0 Å². The lowest BCUT2D eigenvalue weighted by molar-refractivity contribution is 0.101. The maximum atomic E-state index is 13.4. The van der Waals surface area contributed by atoms with Gasteiger partial charge in [-0.3, -0.25) is 9.52 Å². The van der Waals surface area contributed by atoms with Crippen LogP contribution >= 0.6 is 11.9 Å². The number of nitrogens with zero attached hydrogens (tertiary/aromatic N) is 1. The topological polar surface area (TPSA) is 66.3 Å². The van der Waals surface area contributed by atoms with Gasteiger partial charge >= 0.3 is 0 Å². The first kappa shape index (κ1) is 19.9. The predicted octanol–water partition coefficient (Wildman–Crippen LogP) is 3.64. The highest BCUT2D eigenvalue weighted by molar-refractivity contribution is 7.97. The molecule has 146 valence electrons. The number of hydrogen-bond donors (Lipinski definition) is 3. The van der Waals surface area contributed by atoms with Crippen LogP contribution in [0.4, 0.5) is 14.5 Å². The van der Waals surface area contributed by atoms with Gasteiger partial charge < -0.3 is 15.0 Å². The van der Waals surface area contributed by atoms with E-state index in [0.717, 1.165) is 54.1 Å². The molecule has 0 fully saturated rings. The van der Waals surface area contributed by atoms with E-state index in [9.17, 15) is 18.7 Å². The number of aliphatic hydroxyl groups is 1. The standard InChI is InChI=1S/C19H23F2N3O2S/c1-11(10-25)23-27-18-12(2)17(24-8-4-3-5-16(18)24)19(26)22-13-6-7-14(20)15(21)9-13/h6-7,9,11,23,25H,3-5,8,10H2,1-2H3,(H,22,26). The Balaban J connectivity index is 1.90. The first-order chi connectivity index (χ1) is 12.9. The molecular formula is C19H23F2N3O2S. The van der Waals surface area contributed by atoms with E-state index < -0.39 is 11.6 Å². The number of amides is 1. The molecule has 0 saturated carbocycles. The number of aliphatic hydroxyl groups excluding tert-OH is 1. The van der Waals surface area contributed by atoms with Gasteiger partial charge in [0.25, 0.3) is 5.91 Å². The fraction of sp³-hybridized carbons (Fsp3) is 0.421. The van der Waals surface area contributed by atoms with Crippen LogP contribution in [-0.4, -0.2) is 28.2 Å². The molecule has 0 bridgehead atoms. The van der Waals surface area contributed by atoms with Crippen LogP contribution in [0.25, 0.3) is 0 Å².